The van der Waals surface area contributed by atoms with Crippen LogP contribution in [-0.4, -0.2) is 171 Å². The van der Waals surface area contributed by atoms with Gasteiger partial charge in [0.15, 0.2) is 5.11 Å². The topological polar surface area (TPSA) is 250 Å². The van der Waals surface area contributed by atoms with Gasteiger partial charge in [-0.05, 0) is 55.6 Å². The van der Waals surface area contributed by atoms with E-state index in [1.807, 2.05) is 12.1 Å². The monoisotopic (exact) mass is 697 g/mol. The quantitative estimate of drug-likeness (QED) is 0.0720. The fourth-order valence-corrected chi connectivity index (χ4v) is 5.56. The summed E-state index contributed by atoms with van der Waals surface area (Å²) in [5.41, 5.74) is 7.05. The number of aliphatic carboxylic acids is 5. The Balaban J connectivity index is 2.20. The number of rotatable bonds is 17. The molecule has 0 amide bonds. The Morgan fingerprint density at radius 1 is 0.750 bits per heavy atom. The minimum atomic E-state index is -1.08. The summed E-state index contributed by atoms with van der Waals surface area (Å²) in [6.07, 6.45) is 2.02. The number of thiocarbonyl (C=S) groups is 1. The summed E-state index contributed by atoms with van der Waals surface area (Å²) >= 11 is 5.35. The molecule has 1 heterocycles. The lowest BCUT2D eigenvalue weighted by Gasteiger charge is -2.37. The highest BCUT2D eigenvalue weighted by Crippen LogP contribution is 2.16. The Hall–Kier alpha value is -3.94. The van der Waals surface area contributed by atoms with E-state index >= 15 is 0 Å². The molecule has 0 aliphatic carbocycles. The van der Waals surface area contributed by atoms with E-state index in [4.69, 9.17) is 23.1 Å². The average molecular weight is 698 g/mol. The molecule has 1 saturated heterocycles. The Labute approximate surface area is 284 Å². The van der Waals surface area contributed by atoms with E-state index < -0.39 is 41.9 Å². The third kappa shape index (κ3) is 16.8. The molecular weight excluding hydrogens is 650 g/mol. The molecule has 1 aromatic rings. The van der Waals surface area contributed by atoms with E-state index in [0.717, 1.165) is 5.56 Å². The molecule has 0 spiro atoms. The van der Waals surface area contributed by atoms with Crippen molar-refractivity contribution in [1.82, 2.24) is 24.9 Å². The second-order valence-corrected chi connectivity index (χ2v) is 12.1. The highest BCUT2D eigenvalue weighted by Gasteiger charge is 2.27. The number of hydrogen-bond donors (Lipinski definition) is 8. The largest absolute Gasteiger partial charge is 0.480 e. The molecule has 17 nitrogen and oxygen atoms in total. The third-order valence-electron chi connectivity index (χ3n) is 7.80. The van der Waals surface area contributed by atoms with Crippen LogP contribution in [0, 0.1) is 0 Å². The Morgan fingerprint density at radius 3 is 1.77 bits per heavy atom. The zero-order valence-corrected chi connectivity index (χ0v) is 27.6. The standard InChI is InChI=1S/C30H47N7O10S/c31-24(29(46)47)3-1-2-8-32-30(48)33-22-6-4-21(5-7-22)15-23-16-36(19-27(42)43)12-11-34(17-25(38)39)9-10-35(18-26(40)41)13-14-37(23)20-28(44)45/h4-7,23-24H,1-3,8-20,31H2,(H,38,39)(H,40,41)(H,42,43)(H,44,45)(H,46,47)(H2,32,33,48). The average Bonchev–Trinajstić information content (AvgIpc) is 2.98. The van der Waals surface area contributed by atoms with Gasteiger partial charge in [-0.15, -0.1) is 0 Å². The Morgan fingerprint density at radius 2 is 1.25 bits per heavy atom. The molecule has 0 bridgehead atoms. The molecule has 2 rings (SSSR count). The van der Waals surface area contributed by atoms with Crippen molar-refractivity contribution in [1.29, 1.82) is 0 Å². The van der Waals surface area contributed by atoms with Crippen LogP contribution in [0.1, 0.15) is 24.8 Å². The summed E-state index contributed by atoms with van der Waals surface area (Å²) in [5, 5.41) is 53.6. The van der Waals surface area contributed by atoms with Crippen LogP contribution in [0.25, 0.3) is 0 Å². The maximum atomic E-state index is 11.9. The van der Waals surface area contributed by atoms with Gasteiger partial charge in [0.1, 0.15) is 6.04 Å². The highest BCUT2D eigenvalue weighted by molar-refractivity contribution is 7.80. The van der Waals surface area contributed by atoms with Crippen molar-refractivity contribution in [3.8, 4) is 0 Å². The molecule has 2 atom stereocenters. The van der Waals surface area contributed by atoms with Crippen molar-refractivity contribution in [2.24, 2.45) is 5.73 Å². The lowest BCUT2D eigenvalue weighted by atomic mass is 10.0. The number of benzene rings is 1. The molecule has 268 valence electrons. The van der Waals surface area contributed by atoms with Crippen LogP contribution >= 0.6 is 12.2 Å². The van der Waals surface area contributed by atoms with Gasteiger partial charge in [-0.2, -0.15) is 0 Å². The van der Waals surface area contributed by atoms with E-state index in [0.29, 0.717) is 43.0 Å². The van der Waals surface area contributed by atoms with Gasteiger partial charge in [-0.25, -0.2) is 0 Å². The first-order valence-corrected chi connectivity index (χ1v) is 16.0. The SMILES string of the molecule is NC(CCCCNC(=S)Nc1ccc(CC2CN(CC(=O)O)CCN(CC(=O)O)CCN(CC(=O)O)CCN2CC(=O)O)cc1)C(=O)O. The first kappa shape index (κ1) is 40.2. The van der Waals surface area contributed by atoms with Crippen molar-refractivity contribution >= 4 is 52.9 Å². The minimum absolute atomic E-state index is 0.171. The summed E-state index contributed by atoms with van der Waals surface area (Å²) in [5.74, 6) is -5.32. The number of carboxylic acids is 5. The minimum Gasteiger partial charge on any atom is -0.480 e. The van der Waals surface area contributed by atoms with E-state index in [2.05, 4.69) is 10.6 Å². The molecule has 48 heavy (non-hydrogen) atoms. The summed E-state index contributed by atoms with van der Waals surface area (Å²) in [4.78, 5) is 64.3. The first-order chi connectivity index (χ1) is 22.7. The zero-order chi connectivity index (χ0) is 35.6. The molecule has 0 saturated carbocycles. The van der Waals surface area contributed by atoms with E-state index in [-0.39, 0.29) is 72.0 Å². The van der Waals surface area contributed by atoms with Crippen molar-refractivity contribution in [2.75, 3.05) is 83.9 Å². The molecule has 0 aromatic heterocycles. The van der Waals surface area contributed by atoms with Gasteiger partial charge in [-0.3, -0.25) is 43.6 Å². The highest BCUT2D eigenvalue weighted by atomic mass is 32.1. The van der Waals surface area contributed by atoms with Crippen molar-refractivity contribution in [3.05, 3.63) is 29.8 Å². The maximum absolute atomic E-state index is 11.9. The predicted molar refractivity (Wildman–Crippen MR) is 179 cm³/mol. The van der Waals surface area contributed by atoms with Gasteiger partial charge >= 0.3 is 29.8 Å². The Bertz CT molecular complexity index is 1240. The number of unbranched alkanes of at least 4 members (excludes halogenated alkanes) is 1. The van der Waals surface area contributed by atoms with Gasteiger partial charge in [-0.1, -0.05) is 12.1 Å². The smallest absolute Gasteiger partial charge is 0.320 e. The molecule has 2 unspecified atom stereocenters. The van der Waals surface area contributed by atoms with E-state index in [1.54, 1.807) is 31.7 Å². The van der Waals surface area contributed by atoms with Gasteiger partial charge < -0.3 is 41.9 Å². The number of nitrogens with zero attached hydrogens (tertiary/aromatic N) is 4. The molecule has 1 aromatic carbocycles. The summed E-state index contributed by atoms with van der Waals surface area (Å²) in [6.45, 7) is 0.708. The second-order valence-electron chi connectivity index (χ2n) is 11.7. The molecule has 1 aliphatic heterocycles. The first-order valence-electron chi connectivity index (χ1n) is 15.6. The van der Waals surface area contributed by atoms with Crippen LogP contribution in [0.3, 0.4) is 0 Å². The summed E-state index contributed by atoms with van der Waals surface area (Å²) in [7, 11) is 0. The van der Waals surface area contributed by atoms with Gasteiger partial charge in [0.2, 0.25) is 0 Å². The molecule has 0 radical (unpaired) electrons. The summed E-state index contributed by atoms with van der Waals surface area (Å²) < 4.78 is 0. The van der Waals surface area contributed by atoms with Crippen molar-refractivity contribution in [3.63, 3.8) is 0 Å². The molecule has 1 fully saturated rings. The number of carbonyl (C=O) groups is 5. The number of anilines is 1. The van der Waals surface area contributed by atoms with Crippen molar-refractivity contribution in [2.45, 2.75) is 37.8 Å². The van der Waals surface area contributed by atoms with Gasteiger partial charge in [0.05, 0.1) is 26.2 Å². The van der Waals surface area contributed by atoms with Crippen LogP contribution < -0.4 is 16.4 Å². The second kappa shape index (κ2) is 21.1. The van der Waals surface area contributed by atoms with Gasteiger partial charge in [0, 0.05) is 64.1 Å². The molecule has 9 N–H and O–H groups in total. The van der Waals surface area contributed by atoms with Crippen LogP contribution in [0.4, 0.5) is 5.69 Å². The molecule has 18 heteroatoms. The number of hydrogen-bond acceptors (Lipinski definition) is 11. The predicted octanol–water partition coefficient (Wildman–Crippen LogP) is -0.974. The lowest BCUT2D eigenvalue weighted by molar-refractivity contribution is -0.142. The Kier molecular flexibility index (Phi) is 17.7. The van der Waals surface area contributed by atoms with Crippen LogP contribution in [0.5, 0.6) is 0 Å². The summed E-state index contributed by atoms with van der Waals surface area (Å²) in [6, 6.07) is 5.94. The third-order valence-corrected chi connectivity index (χ3v) is 8.04. The van der Waals surface area contributed by atoms with Gasteiger partial charge in [0.25, 0.3) is 0 Å². The fourth-order valence-electron chi connectivity index (χ4n) is 5.34. The zero-order valence-electron chi connectivity index (χ0n) is 26.8. The maximum Gasteiger partial charge on any atom is 0.320 e. The van der Waals surface area contributed by atoms with E-state index in [1.165, 1.54) is 0 Å². The number of carboxylic acid groups (broad SMARTS) is 5. The normalized spacial score (nSPS) is 18.1. The van der Waals surface area contributed by atoms with Crippen LogP contribution in [0.15, 0.2) is 24.3 Å². The lowest BCUT2D eigenvalue weighted by Crippen LogP contribution is -2.53. The van der Waals surface area contributed by atoms with Crippen LogP contribution in [0.2, 0.25) is 0 Å². The molecular formula is C30H47N7O10S. The van der Waals surface area contributed by atoms with Crippen molar-refractivity contribution < 1.29 is 49.5 Å². The number of nitrogens with one attached hydrogen (secondary N) is 2. The number of nitrogens with two attached hydrogens (primary N) is 1. The van der Waals surface area contributed by atoms with E-state index in [9.17, 15) is 44.4 Å². The molecule has 1 aliphatic rings. The van der Waals surface area contributed by atoms with Crippen LogP contribution in [-0.2, 0) is 30.4 Å². The fraction of sp³-hybridized carbons (Fsp3) is 0.600.